The standard InChI is InChI=1S/C22H28N2O5S/c1-16-8-10-18(11-9-16)30(26,27)23-21(19-6-4-5-7-20(19)28-3)17(2)22(25)24-12-14-29-15-13-24/h4-11,17,21,23H,12-15H2,1-3H3/t17-,21+/m0/s1. The zero-order chi connectivity index (χ0) is 21.7. The van der Waals surface area contributed by atoms with Crippen molar-refractivity contribution < 1.29 is 22.7 Å². The van der Waals surface area contributed by atoms with Crippen LogP contribution in [0.25, 0.3) is 0 Å². The first-order chi connectivity index (χ1) is 14.3. The fourth-order valence-electron chi connectivity index (χ4n) is 3.53. The summed E-state index contributed by atoms with van der Waals surface area (Å²) in [5.41, 5.74) is 1.58. The zero-order valence-corrected chi connectivity index (χ0v) is 18.3. The van der Waals surface area contributed by atoms with Gasteiger partial charge in [0.2, 0.25) is 15.9 Å². The number of sulfonamides is 1. The van der Waals surface area contributed by atoms with Gasteiger partial charge >= 0.3 is 0 Å². The third-order valence-corrected chi connectivity index (χ3v) is 6.76. The Morgan fingerprint density at radius 3 is 2.37 bits per heavy atom. The molecule has 1 N–H and O–H groups in total. The maximum Gasteiger partial charge on any atom is 0.241 e. The number of nitrogens with zero attached hydrogens (tertiary/aromatic N) is 1. The van der Waals surface area contributed by atoms with Gasteiger partial charge in [-0.1, -0.05) is 42.8 Å². The Morgan fingerprint density at radius 1 is 1.10 bits per heavy atom. The minimum Gasteiger partial charge on any atom is -0.496 e. The number of ether oxygens (including phenoxy) is 2. The van der Waals surface area contributed by atoms with Gasteiger partial charge in [0.05, 0.1) is 37.2 Å². The van der Waals surface area contributed by atoms with Crippen LogP contribution in [0.4, 0.5) is 0 Å². The van der Waals surface area contributed by atoms with Gasteiger partial charge in [0.15, 0.2) is 0 Å². The van der Waals surface area contributed by atoms with E-state index in [2.05, 4.69) is 4.72 Å². The molecule has 1 amide bonds. The molecule has 8 heteroatoms. The van der Waals surface area contributed by atoms with Crippen LogP contribution in [0.2, 0.25) is 0 Å². The van der Waals surface area contributed by atoms with E-state index in [1.54, 1.807) is 54.3 Å². The summed E-state index contributed by atoms with van der Waals surface area (Å²) < 4.78 is 39.8. The number of aryl methyl sites for hydroxylation is 1. The smallest absolute Gasteiger partial charge is 0.241 e. The monoisotopic (exact) mass is 432 g/mol. The second kappa shape index (κ2) is 9.59. The molecule has 3 rings (SSSR count). The van der Waals surface area contributed by atoms with E-state index in [1.807, 2.05) is 13.0 Å². The highest BCUT2D eigenvalue weighted by atomic mass is 32.2. The minimum absolute atomic E-state index is 0.124. The molecular formula is C22H28N2O5S. The Labute approximate surface area is 178 Å². The summed E-state index contributed by atoms with van der Waals surface area (Å²) in [7, 11) is -2.33. The van der Waals surface area contributed by atoms with Gasteiger partial charge in [0, 0.05) is 18.7 Å². The first-order valence-electron chi connectivity index (χ1n) is 9.92. The van der Waals surface area contributed by atoms with Crippen LogP contribution in [0.15, 0.2) is 53.4 Å². The van der Waals surface area contributed by atoms with Crippen molar-refractivity contribution in [1.29, 1.82) is 0 Å². The summed E-state index contributed by atoms with van der Waals surface area (Å²) in [6.07, 6.45) is 0. The first-order valence-corrected chi connectivity index (χ1v) is 11.4. The summed E-state index contributed by atoms with van der Waals surface area (Å²) in [5.74, 6) is -0.240. The first kappa shape index (κ1) is 22.3. The normalized spacial score (nSPS) is 16.7. The van der Waals surface area contributed by atoms with E-state index in [0.717, 1.165) is 5.56 Å². The number of rotatable bonds is 7. The summed E-state index contributed by atoms with van der Waals surface area (Å²) in [6.45, 7) is 5.58. The highest BCUT2D eigenvalue weighted by molar-refractivity contribution is 7.89. The molecule has 1 heterocycles. The predicted molar refractivity (Wildman–Crippen MR) is 114 cm³/mol. The molecule has 0 bridgehead atoms. The molecular weight excluding hydrogens is 404 g/mol. The Bertz CT molecular complexity index is 969. The Kier molecular flexibility index (Phi) is 7.12. The van der Waals surface area contributed by atoms with E-state index < -0.39 is 22.0 Å². The fourth-order valence-corrected chi connectivity index (χ4v) is 4.82. The van der Waals surface area contributed by atoms with Gasteiger partial charge in [0.1, 0.15) is 5.75 Å². The van der Waals surface area contributed by atoms with Crippen molar-refractivity contribution in [2.75, 3.05) is 33.4 Å². The molecule has 1 aliphatic rings. The van der Waals surface area contributed by atoms with Crippen LogP contribution in [0, 0.1) is 12.8 Å². The largest absolute Gasteiger partial charge is 0.496 e. The lowest BCUT2D eigenvalue weighted by Gasteiger charge is -2.33. The van der Waals surface area contributed by atoms with E-state index in [1.165, 1.54) is 7.11 Å². The van der Waals surface area contributed by atoms with Crippen molar-refractivity contribution in [3.8, 4) is 5.75 Å². The molecule has 0 spiro atoms. The Hall–Kier alpha value is -2.42. The van der Waals surface area contributed by atoms with Gasteiger partial charge in [-0.15, -0.1) is 0 Å². The van der Waals surface area contributed by atoms with Crippen LogP contribution >= 0.6 is 0 Å². The van der Waals surface area contributed by atoms with Crippen LogP contribution in [-0.4, -0.2) is 52.6 Å². The molecule has 0 saturated carbocycles. The Balaban J connectivity index is 1.96. The summed E-state index contributed by atoms with van der Waals surface area (Å²) in [6, 6.07) is 13.0. The van der Waals surface area contributed by atoms with Crippen LogP contribution in [0.1, 0.15) is 24.1 Å². The number of methoxy groups -OCH3 is 1. The highest BCUT2D eigenvalue weighted by Gasteiger charge is 2.34. The van der Waals surface area contributed by atoms with Crippen LogP contribution in [0.5, 0.6) is 5.75 Å². The van der Waals surface area contributed by atoms with Gasteiger partial charge in [-0.25, -0.2) is 13.1 Å². The zero-order valence-electron chi connectivity index (χ0n) is 17.5. The van der Waals surface area contributed by atoms with Gasteiger partial charge in [-0.3, -0.25) is 4.79 Å². The quantitative estimate of drug-likeness (QED) is 0.727. The van der Waals surface area contributed by atoms with Crippen LogP contribution in [-0.2, 0) is 19.6 Å². The topological polar surface area (TPSA) is 84.9 Å². The predicted octanol–water partition coefficient (Wildman–Crippen LogP) is 2.52. The summed E-state index contributed by atoms with van der Waals surface area (Å²) in [4.78, 5) is 15.0. The average molecular weight is 433 g/mol. The van der Waals surface area contributed by atoms with E-state index in [4.69, 9.17) is 9.47 Å². The van der Waals surface area contributed by atoms with Crippen molar-refractivity contribution in [2.24, 2.45) is 5.92 Å². The lowest BCUT2D eigenvalue weighted by molar-refractivity contribution is -0.139. The minimum atomic E-state index is -3.86. The molecule has 0 aromatic heterocycles. The fraction of sp³-hybridized carbons (Fsp3) is 0.409. The maximum atomic E-state index is 13.2. The van der Waals surface area contributed by atoms with Gasteiger partial charge in [-0.2, -0.15) is 0 Å². The molecule has 1 fully saturated rings. The molecule has 1 saturated heterocycles. The SMILES string of the molecule is COc1ccccc1[C@H](NS(=O)(=O)c1ccc(C)cc1)[C@H](C)C(=O)N1CCOCC1. The molecule has 1 aliphatic heterocycles. The molecule has 2 aromatic rings. The molecule has 2 aromatic carbocycles. The van der Waals surface area contributed by atoms with E-state index in [-0.39, 0.29) is 10.8 Å². The number of hydrogen-bond donors (Lipinski definition) is 1. The number of morpholine rings is 1. The van der Waals surface area contributed by atoms with Gasteiger partial charge < -0.3 is 14.4 Å². The third-order valence-electron chi connectivity index (χ3n) is 5.30. The summed E-state index contributed by atoms with van der Waals surface area (Å²) >= 11 is 0. The summed E-state index contributed by atoms with van der Waals surface area (Å²) in [5, 5.41) is 0. The van der Waals surface area contributed by atoms with E-state index in [0.29, 0.717) is 37.6 Å². The number of nitrogens with one attached hydrogen (secondary N) is 1. The van der Waals surface area contributed by atoms with Crippen molar-refractivity contribution >= 4 is 15.9 Å². The molecule has 2 atom stereocenters. The highest BCUT2D eigenvalue weighted by Crippen LogP contribution is 2.32. The van der Waals surface area contributed by atoms with Crippen molar-refractivity contribution in [3.63, 3.8) is 0 Å². The molecule has 0 unspecified atom stereocenters. The maximum absolute atomic E-state index is 13.2. The molecule has 0 radical (unpaired) electrons. The molecule has 30 heavy (non-hydrogen) atoms. The number of hydrogen-bond acceptors (Lipinski definition) is 5. The third kappa shape index (κ3) is 5.00. The lowest BCUT2D eigenvalue weighted by Crippen LogP contribution is -2.46. The van der Waals surface area contributed by atoms with Gasteiger partial charge in [0.25, 0.3) is 0 Å². The average Bonchev–Trinajstić information content (AvgIpc) is 2.77. The van der Waals surface area contributed by atoms with Crippen LogP contribution < -0.4 is 9.46 Å². The number of carbonyl (C=O) groups is 1. The molecule has 0 aliphatic carbocycles. The van der Waals surface area contributed by atoms with Crippen molar-refractivity contribution in [1.82, 2.24) is 9.62 Å². The number of para-hydroxylation sites is 1. The Morgan fingerprint density at radius 2 is 1.73 bits per heavy atom. The number of benzene rings is 2. The van der Waals surface area contributed by atoms with E-state index >= 15 is 0 Å². The second-order valence-corrected chi connectivity index (χ2v) is 9.09. The number of carbonyl (C=O) groups excluding carboxylic acids is 1. The van der Waals surface area contributed by atoms with Gasteiger partial charge in [-0.05, 0) is 25.1 Å². The lowest BCUT2D eigenvalue weighted by atomic mass is 9.93. The van der Waals surface area contributed by atoms with Crippen LogP contribution in [0.3, 0.4) is 0 Å². The van der Waals surface area contributed by atoms with Crippen molar-refractivity contribution in [2.45, 2.75) is 24.8 Å². The number of amides is 1. The van der Waals surface area contributed by atoms with E-state index in [9.17, 15) is 13.2 Å². The molecule has 7 nitrogen and oxygen atoms in total. The molecule has 162 valence electrons. The second-order valence-electron chi connectivity index (χ2n) is 7.38. The van der Waals surface area contributed by atoms with Crippen molar-refractivity contribution in [3.05, 3.63) is 59.7 Å².